The van der Waals surface area contributed by atoms with Crippen molar-refractivity contribution in [2.45, 2.75) is 25.3 Å². The van der Waals surface area contributed by atoms with Gasteiger partial charge in [0.05, 0.1) is 10.2 Å². The number of fused-ring (bicyclic) bond motifs is 2. The highest BCUT2D eigenvalue weighted by Crippen LogP contribution is 2.32. The number of nitrogens with two attached hydrogens (primary N) is 1. The number of rotatable bonds is 1. The number of thiazole rings is 1. The Morgan fingerprint density at radius 2 is 2.10 bits per heavy atom. The molecule has 1 aromatic carbocycles. The SMILES string of the molecule is Nc1ccc2nc(N3CCCN4CCCC4C3)sc2c1. The van der Waals surface area contributed by atoms with Crippen LogP contribution in [0.1, 0.15) is 19.3 Å². The standard InChI is InChI=1S/C15H20N4S/c16-11-4-5-13-14(9-11)20-15(17-13)19-8-2-7-18-6-1-3-12(18)10-19/h4-5,9,12H,1-3,6-8,10,16H2. The van der Waals surface area contributed by atoms with Gasteiger partial charge in [-0.25, -0.2) is 4.98 Å². The normalized spacial score (nSPS) is 24.0. The van der Waals surface area contributed by atoms with Gasteiger partial charge in [-0.15, -0.1) is 0 Å². The Kier molecular flexibility index (Phi) is 3.04. The monoisotopic (exact) mass is 288 g/mol. The third-order valence-electron chi connectivity index (χ3n) is 4.48. The maximum absolute atomic E-state index is 5.87. The number of benzene rings is 1. The Morgan fingerprint density at radius 1 is 1.20 bits per heavy atom. The van der Waals surface area contributed by atoms with Crippen LogP contribution in [-0.2, 0) is 0 Å². The number of hydrogen-bond acceptors (Lipinski definition) is 5. The van der Waals surface area contributed by atoms with Crippen LogP contribution in [0.5, 0.6) is 0 Å². The summed E-state index contributed by atoms with van der Waals surface area (Å²) in [5.41, 5.74) is 7.77. The van der Waals surface area contributed by atoms with Crippen LogP contribution in [-0.4, -0.2) is 42.1 Å². The van der Waals surface area contributed by atoms with E-state index in [0.717, 1.165) is 30.3 Å². The number of nitrogen functional groups attached to an aromatic ring is 1. The van der Waals surface area contributed by atoms with Gasteiger partial charge in [-0.05, 0) is 44.0 Å². The van der Waals surface area contributed by atoms with Crippen LogP contribution in [0.3, 0.4) is 0 Å². The van der Waals surface area contributed by atoms with E-state index in [9.17, 15) is 0 Å². The molecule has 0 radical (unpaired) electrons. The highest BCUT2D eigenvalue weighted by Gasteiger charge is 2.29. The maximum atomic E-state index is 5.87. The molecule has 2 aliphatic rings. The molecule has 1 atom stereocenters. The van der Waals surface area contributed by atoms with E-state index in [0.29, 0.717) is 0 Å². The fourth-order valence-corrected chi connectivity index (χ4v) is 4.49. The Bertz CT molecular complexity index is 623. The van der Waals surface area contributed by atoms with Gasteiger partial charge in [-0.2, -0.15) is 0 Å². The van der Waals surface area contributed by atoms with Crippen molar-refractivity contribution in [2.75, 3.05) is 36.8 Å². The fourth-order valence-electron chi connectivity index (χ4n) is 3.44. The van der Waals surface area contributed by atoms with Crippen molar-refractivity contribution in [1.29, 1.82) is 0 Å². The predicted octanol–water partition coefficient (Wildman–Crippen LogP) is 2.55. The quantitative estimate of drug-likeness (QED) is 0.819. The van der Waals surface area contributed by atoms with Crippen molar-refractivity contribution in [3.63, 3.8) is 0 Å². The van der Waals surface area contributed by atoms with Crippen LogP contribution in [0.25, 0.3) is 10.2 Å². The first-order valence-corrected chi connectivity index (χ1v) is 8.26. The highest BCUT2D eigenvalue weighted by molar-refractivity contribution is 7.22. The van der Waals surface area contributed by atoms with Gasteiger partial charge in [-0.3, -0.25) is 4.90 Å². The lowest BCUT2D eigenvalue weighted by molar-refractivity contribution is 0.273. The van der Waals surface area contributed by atoms with Gasteiger partial charge in [0.15, 0.2) is 5.13 Å². The molecular formula is C15H20N4S. The summed E-state index contributed by atoms with van der Waals surface area (Å²) in [4.78, 5) is 9.94. The molecule has 4 rings (SSSR count). The topological polar surface area (TPSA) is 45.4 Å². The number of anilines is 2. The minimum absolute atomic E-state index is 0.731. The second-order valence-electron chi connectivity index (χ2n) is 5.86. The lowest BCUT2D eigenvalue weighted by atomic mass is 10.2. The van der Waals surface area contributed by atoms with Crippen molar-refractivity contribution in [3.8, 4) is 0 Å². The van der Waals surface area contributed by atoms with Crippen molar-refractivity contribution in [3.05, 3.63) is 18.2 Å². The Balaban J connectivity index is 1.64. The largest absolute Gasteiger partial charge is 0.399 e. The van der Waals surface area contributed by atoms with E-state index in [1.807, 2.05) is 18.2 Å². The second kappa shape index (κ2) is 4.90. The zero-order chi connectivity index (χ0) is 13.5. The van der Waals surface area contributed by atoms with E-state index in [2.05, 4.69) is 9.80 Å². The molecule has 0 aliphatic carbocycles. The van der Waals surface area contributed by atoms with E-state index in [-0.39, 0.29) is 0 Å². The predicted molar refractivity (Wildman–Crippen MR) is 85.5 cm³/mol. The Labute approximate surface area is 123 Å². The third kappa shape index (κ3) is 2.15. The van der Waals surface area contributed by atoms with Gasteiger partial charge in [0.25, 0.3) is 0 Å². The molecular weight excluding hydrogens is 268 g/mol. The minimum Gasteiger partial charge on any atom is -0.399 e. The van der Waals surface area contributed by atoms with Crippen LogP contribution in [0, 0.1) is 0 Å². The summed E-state index contributed by atoms with van der Waals surface area (Å²) in [5, 5.41) is 1.17. The molecule has 2 aliphatic heterocycles. The molecule has 2 saturated heterocycles. The molecule has 20 heavy (non-hydrogen) atoms. The molecule has 4 nitrogen and oxygen atoms in total. The number of aromatic nitrogens is 1. The smallest absolute Gasteiger partial charge is 0.186 e. The molecule has 2 N–H and O–H groups in total. The third-order valence-corrected chi connectivity index (χ3v) is 5.55. The number of hydrogen-bond donors (Lipinski definition) is 1. The van der Waals surface area contributed by atoms with Crippen molar-refractivity contribution in [1.82, 2.24) is 9.88 Å². The Hall–Kier alpha value is -1.33. The molecule has 0 spiro atoms. The first-order valence-electron chi connectivity index (χ1n) is 7.45. The summed E-state index contributed by atoms with van der Waals surface area (Å²) < 4.78 is 1.20. The zero-order valence-corrected chi connectivity index (χ0v) is 12.4. The second-order valence-corrected chi connectivity index (χ2v) is 6.86. The van der Waals surface area contributed by atoms with Crippen molar-refractivity contribution in [2.24, 2.45) is 0 Å². The molecule has 0 amide bonds. The van der Waals surface area contributed by atoms with E-state index in [1.165, 1.54) is 42.2 Å². The van der Waals surface area contributed by atoms with Crippen LogP contribution in [0.15, 0.2) is 18.2 Å². The van der Waals surface area contributed by atoms with E-state index in [4.69, 9.17) is 10.7 Å². The van der Waals surface area contributed by atoms with Crippen LogP contribution < -0.4 is 10.6 Å². The molecule has 0 saturated carbocycles. The Morgan fingerprint density at radius 3 is 3.05 bits per heavy atom. The molecule has 1 unspecified atom stereocenters. The van der Waals surface area contributed by atoms with Gasteiger partial charge in [0, 0.05) is 31.4 Å². The van der Waals surface area contributed by atoms with Crippen molar-refractivity contribution >= 4 is 32.4 Å². The summed E-state index contributed by atoms with van der Waals surface area (Å²) in [6.45, 7) is 4.80. The van der Waals surface area contributed by atoms with E-state index in [1.54, 1.807) is 11.3 Å². The molecule has 5 heteroatoms. The van der Waals surface area contributed by atoms with Gasteiger partial charge >= 0.3 is 0 Å². The summed E-state index contributed by atoms with van der Waals surface area (Å²) in [6, 6.07) is 6.74. The van der Waals surface area contributed by atoms with E-state index < -0.39 is 0 Å². The molecule has 3 heterocycles. The van der Waals surface area contributed by atoms with Gasteiger partial charge in [-0.1, -0.05) is 11.3 Å². The van der Waals surface area contributed by atoms with Gasteiger partial charge in [0.1, 0.15) is 0 Å². The molecule has 0 bridgehead atoms. The summed E-state index contributed by atoms with van der Waals surface area (Å²) in [6.07, 6.45) is 3.94. The average molecular weight is 288 g/mol. The molecule has 106 valence electrons. The maximum Gasteiger partial charge on any atom is 0.186 e. The molecule has 2 aromatic rings. The van der Waals surface area contributed by atoms with Crippen LogP contribution in [0.2, 0.25) is 0 Å². The fraction of sp³-hybridized carbons (Fsp3) is 0.533. The summed E-state index contributed by atoms with van der Waals surface area (Å²) >= 11 is 1.78. The first kappa shape index (κ1) is 12.4. The summed E-state index contributed by atoms with van der Waals surface area (Å²) in [5.74, 6) is 0. The average Bonchev–Trinajstić information content (AvgIpc) is 3.00. The van der Waals surface area contributed by atoms with Crippen LogP contribution in [0.4, 0.5) is 10.8 Å². The molecule has 2 fully saturated rings. The highest BCUT2D eigenvalue weighted by atomic mass is 32.1. The minimum atomic E-state index is 0.731. The number of nitrogens with zero attached hydrogens (tertiary/aromatic N) is 3. The molecule has 1 aromatic heterocycles. The summed E-state index contributed by atoms with van der Waals surface area (Å²) in [7, 11) is 0. The lowest BCUT2D eigenvalue weighted by Gasteiger charge is -2.25. The first-order chi connectivity index (χ1) is 9.79. The van der Waals surface area contributed by atoms with Gasteiger partial charge in [0.2, 0.25) is 0 Å². The van der Waals surface area contributed by atoms with E-state index >= 15 is 0 Å². The lowest BCUT2D eigenvalue weighted by Crippen LogP contribution is -2.36. The van der Waals surface area contributed by atoms with Gasteiger partial charge < -0.3 is 10.6 Å². The van der Waals surface area contributed by atoms with Crippen molar-refractivity contribution < 1.29 is 0 Å². The zero-order valence-electron chi connectivity index (χ0n) is 11.6. The van der Waals surface area contributed by atoms with Crippen LogP contribution >= 0.6 is 11.3 Å².